The quantitative estimate of drug-likeness (QED) is 0.696. The number of carbonyl (C=O) groups excluding carboxylic acids is 3. The number of nitrogens with one attached hydrogen (secondary N) is 3. The number of hydrogen-bond donors (Lipinski definition) is 3. The first-order chi connectivity index (χ1) is 13.8. The molecule has 3 amide bonds. The molecule has 1 atom stereocenters. The fraction of sp³-hybridized carbons (Fsp3) is 0.500. The number of H-pyrrole nitrogens is 1. The van der Waals surface area contributed by atoms with E-state index in [0.29, 0.717) is 37.7 Å². The van der Waals surface area contributed by atoms with E-state index < -0.39 is 0 Å². The number of nitrogens with zero attached hydrogens (tertiary/aromatic N) is 1. The molecule has 0 radical (unpaired) electrons. The highest BCUT2D eigenvalue weighted by molar-refractivity contribution is 6.01. The van der Waals surface area contributed by atoms with Gasteiger partial charge in [0.25, 0.3) is 5.91 Å². The lowest BCUT2D eigenvalue weighted by Crippen LogP contribution is -2.42. The second-order valence-corrected chi connectivity index (χ2v) is 8.00. The zero-order valence-corrected chi connectivity index (χ0v) is 17.4. The number of carbonyl (C=O) groups is 3. The van der Waals surface area contributed by atoms with Gasteiger partial charge in [-0.25, -0.2) is 0 Å². The molecule has 1 aliphatic heterocycles. The highest BCUT2D eigenvalue weighted by atomic mass is 16.2. The van der Waals surface area contributed by atoms with Crippen LogP contribution in [0.1, 0.15) is 49.7 Å². The number of aromatic amines is 1. The Morgan fingerprint density at radius 1 is 1.14 bits per heavy atom. The van der Waals surface area contributed by atoms with Crippen LogP contribution in [-0.4, -0.2) is 53.3 Å². The van der Waals surface area contributed by atoms with Crippen LogP contribution in [0.15, 0.2) is 24.3 Å². The Bertz CT molecular complexity index is 897. The number of aromatic nitrogens is 1. The van der Waals surface area contributed by atoms with E-state index in [0.717, 1.165) is 29.3 Å². The monoisotopic (exact) mass is 398 g/mol. The van der Waals surface area contributed by atoms with E-state index in [1.54, 1.807) is 0 Å². The van der Waals surface area contributed by atoms with Crippen LogP contribution < -0.4 is 10.6 Å². The molecule has 0 bridgehead atoms. The fourth-order valence-electron chi connectivity index (χ4n) is 4.09. The maximum Gasteiger partial charge on any atom is 0.270 e. The van der Waals surface area contributed by atoms with Crippen LogP contribution >= 0.6 is 0 Å². The lowest BCUT2D eigenvalue weighted by molar-refractivity contribution is -0.120. The highest BCUT2D eigenvalue weighted by Crippen LogP contribution is 2.26. The Hall–Kier alpha value is -2.83. The zero-order chi connectivity index (χ0) is 21.0. The first kappa shape index (κ1) is 20.9. The molecule has 29 heavy (non-hydrogen) atoms. The molecule has 0 aliphatic carbocycles. The van der Waals surface area contributed by atoms with Crippen LogP contribution in [0.2, 0.25) is 0 Å². The SMILES string of the molecule is CC(=O)NCC1CCN(C(=O)c2[nH]c3ccccc3c2CC(C)NC(C)=O)CC1. The van der Waals surface area contributed by atoms with Crippen LogP contribution in [0.4, 0.5) is 0 Å². The minimum Gasteiger partial charge on any atom is -0.356 e. The molecule has 1 unspecified atom stereocenters. The summed E-state index contributed by atoms with van der Waals surface area (Å²) in [6.07, 6.45) is 2.34. The van der Waals surface area contributed by atoms with Crippen LogP contribution in [0.5, 0.6) is 0 Å². The van der Waals surface area contributed by atoms with Gasteiger partial charge in [0.1, 0.15) is 5.69 Å². The summed E-state index contributed by atoms with van der Waals surface area (Å²) < 4.78 is 0. The number of benzene rings is 1. The Morgan fingerprint density at radius 3 is 2.48 bits per heavy atom. The highest BCUT2D eigenvalue weighted by Gasteiger charge is 2.27. The van der Waals surface area contributed by atoms with Gasteiger partial charge in [-0.3, -0.25) is 14.4 Å². The van der Waals surface area contributed by atoms with Crippen molar-refractivity contribution in [1.82, 2.24) is 20.5 Å². The van der Waals surface area contributed by atoms with Gasteiger partial charge >= 0.3 is 0 Å². The van der Waals surface area contributed by atoms with Gasteiger partial charge in [-0.15, -0.1) is 0 Å². The van der Waals surface area contributed by atoms with Crippen molar-refractivity contribution >= 4 is 28.6 Å². The lowest BCUT2D eigenvalue weighted by atomic mass is 9.96. The number of para-hydroxylation sites is 1. The van der Waals surface area contributed by atoms with E-state index in [-0.39, 0.29) is 23.8 Å². The van der Waals surface area contributed by atoms with E-state index in [9.17, 15) is 14.4 Å². The smallest absolute Gasteiger partial charge is 0.270 e. The van der Waals surface area contributed by atoms with Gasteiger partial charge in [-0.2, -0.15) is 0 Å². The van der Waals surface area contributed by atoms with E-state index in [1.807, 2.05) is 36.1 Å². The summed E-state index contributed by atoms with van der Waals surface area (Å²) in [5, 5.41) is 6.80. The van der Waals surface area contributed by atoms with Gasteiger partial charge < -0.3 is 20.5 Å². The molecule has 156 valence electrons. The minimum absolute atomic E-state index is 0.00389. The average molecular weight is 399 g/mol. The molecule has 1 fully saturated rings. The number of rotatable bonds is 6. The summed E-state index contributed by atoms with van der Waals surface area (Å²) >= 11 is 0. The van der Waals surface area contributed by atoms with Crippen molar-refractivity contribution < 1.29 is 14.4 Å². The fourth-order valence-corrected chi connectivity index (χ4v) is 4.09. The summed E-state index contributed by atoms with van der Waals surface area (Å²) in [5.74, 6) is 0.320. The third kappa shape index (κ3) is 5.16. The van der Waals surface area contributed by atoms with Gasteiger partial charge in [0, 0.05) is 50.4 Å². The predicted octanol–water partition coefficient (Wildman–Crippen LogP) is 2.22. The van der Waals surface area contributed by atoms with Gasteiger partial charge in [0.2, 0.25) is 11.8 Å². The lowest BCUT2D eigenvalue weighted by Gasteiger charge is -2.32. The Balaban J connectivity index is 1.76. The molecule has 1 aromatic heterocycles. The molecule has 2 heterocycles. The normalized spacial score (nSPS) is 15.9. The Labute approximate surface area is 171 Å². The van der Waals surface area contributed by atoms with Crippen molar-refractivity contribution in [3.8, 4) is 0 Å². The number of amides is 3. The molecule has 3 N–H and O–H groups in total. The van der Waals surface area contributed by atoms with Gasteiger partial charge in [0.05, 0.1) is 0 Å². The molecule has 1 aromatic carbocycles. The van der Waals surface area contributed by atoms with Crippen molar-refractivity contribution in [2.45, 2.75) is 46.1 Å². The van der Waals surface area contributed by atoms with Crippen molar-refractivity contribution in [1.29, 1.82) is 0 Å². The molecular formula is C22H30N4O3. The molecular weight excluding hydrogens is 368 g/mol. The zero-order valence-electron chi connectivity index (χ0n) is 17.4. The predicted molar refractivity (Wildman–Crippen MR) is 113 cm³/mol. The number of piperidine rings is 1. The number of fused-ring (bicyclic) bond motifs is 1. The van der Waals surface area contributed by atoms with Gasteiger partial charge in [-0.05, 0) is 43.7 Å². The van der Waals surface area contributed by atoms with Crippen molar-refractivity contribution in [2.24, 2.45) is 5.92 Å². The largest absolute Gasteiger partial charge is 0.356 e. The Kier molecular flexibility index (Phi) is 6.56. The van der Waals surface area contributed by atoms with E-state index in [2.05, 4.69) is 15.6 Å². The van der Waals surface area contributed by atoms with E-state index >= 15 is 0 Å². The Morgan fingerprint density at radius 2 is 1.83 bits per heavy atom. The third-order valence-electron chi connectivity index (χ3n) is 5.53. The van der Waals surface area contributed by atoms with Crippen molar-refractivity contribution in [2.75, 3.05) is 19.6 Å². The van der Waals surface area contributed by atoms with E-state index in [1.165, 1.54) is 13.8 Å². The minimum atomic E-state index is -0.0774. The first-order valence-corrected chi connectivity index (χ1v) is 10.3. The van der Waals surface area contributed by atoms with E-state index in [4.69, 9.17) is 0 Å². The standard InChI is InChI=1S/C22H30N4O3/c1-14(24-16(3)28)12-19-18-6-4-5-7-20(18)25-21(19)22(29)26-10-8-17(9-11-26)13-23-15(2)27/h4-7,14,17,25H,8-13H2,1-3H3,(H,23,27)(H,24,28). The van der Waals surface area contributed by atoms with Crippen LogP contribution in [0.25, 0.3) is 10.9 Å². The van der Waals surface area contributed by atoms with Crippen LogP contribution in [-0.2, 0) is 16.0 Å². The van der Waals surface area contributed by atoms with Crippen LogP contribution in [0, 0.1) is 5.92 Å². The molecule has 0 spiro atoms. The maximum atomic E-state index is 13.3. The molecule has 7 heteroatoms. The third-order valence-corrected chi connectivity index (χ3v) is 5.53. The number of hydrogen-bond acceptors (Lipinski definition) is 3. The molecule has 3 rings (SSSR count). The topological polar surface area (TPSA) is 94.3 Å². The molecule has 1 saturated heterocycles. The first-order valence-electron chi connectivity index (χ1n) is 10.3. The summed E-state index contributed by atoms with van der Waals surface area (Å²) in [7, 11) is 0. The van der Waals surface area contributed by atoms with Crippen molar-refractivity contribution in [3.63, 3.8) is 0 Å². The van der Waals surface area contributed by atoms with Crippen LogP contribution in [0.3, 0.4) is 0 Å². The van der Waals surface area contributed by atoms with Crippen molar-refractivity contribution in [3.05, 3.63) is 35.5 Å². The van der Waals surface area contributed by atoms with Gasteiger partial charge in [0.15, 0.2) is 0 Å². The average Bonchev–Trinajstić information content (AvgIpc) is 3.04. The maximum absolute atomic E-state index is 13.3. The summed E-state index contributed by atoms with van der Waals surface area (Å²) in [6, 6.07) is 7.82. The molecule has 7 nitrogen and oxygen atoms in total. The summed E-state index contributed by atoms with van der Waals surface area (Å²) in [5.41, 5.74) is 2.50. The molecule has 0 saturated carbocycles. The summed E-state index contributed by atoms with van der Waals surface area (Å²) in [4.78, 5) is 41.0. The molecule has 2 aromatic rings. The van der Waals surface area contributed by atoms with Gasteiger partial charge in [-0.1, -0.05) is 18.2 Å². The molecule has 1 aliphatic rings. The summed E-state index contributed by atoms with van der Waals surface area (Å²) in [6.45, 7) is 7.01. The number of likely N-dealkylation sites (tertiary alicyclic amines) is 1. The second-order valence-electron chi connectivity index (χ2n) is 8.00. The second kappa shape index (κ2) is 9.11.